The van der Waals surface area contributed by atoms with E-state index >= 15 is 0 Å². The van der Waals surface area contributed by atoms with Gasteiger partial charge in [0.15, 0.2) is 0 Å². The van der Waals surface area contributed by atoms with E-state index in [2.05, 4.69) is 240 Å². The van der Waals surface area contributed by atoms with Crippen LogP contribution in [0, 0.1) is 11.5 Å². The zero-order valence-corrected chi connectivity index (χ0v) is 34.2. The van der Waals surface area contributed by atoms with Gasteiger partial charge >= 0.3 is 0 Å². The molecule has 0 bridgehead atoms. The van der Waals surface area contributed by atoms with Gasteiger partial charge < -0.3 is 8.98 Å². The second-order valence-electron chi connectivity index (χ2n) is 15.8. The number of fused-ring (bicyclic) bond motifs is 9. The van der Waals surface area contributed by atoms with Crippen LogP contribution < -0.4 is 15.6 Å². The van der Waals surface area contributed by atoms with Crippen LogP contribution in [0.15, 0.2) is 229 Å². The summed E-state index contributed by atoms with van der Waals surface area (Å²) in [6.07, 6.45) is 0. The Bertz CT molecular complexity index is 3540. The third kappa shape index (κ3) is 5.44. The first-order chi connectivity index (χ1) is 30.3. The van der Waals surface area contributed by atoms with E-state index < -0.39 is 8.07 Å². The number of hydrogen-bond acceptors (Lipinski definition) is 1. The number of nitrogens with zero attached hydrogens (tertiary/aromatic N) is 1. The fraction of sp³-hybridized carbons (Fsp3) is 0. The lowest BCUT2D eigenvalue weighted by molar-refractivity contribution is 0.673. The number of aromatic nitrogens is 1. The highest BCUT2D eigenvalue weighted by Gasteiger charge is 2.38. The highest BCUT2D eigenvalue weighted by molar-refractivity contribution is 7.16. The van der Waals surface area contributed by atoms with Crippen molar-refractivity contribution in [1.29, 1.82) is 0 Å². The molecule has 0 saturated heterocycles. The van der Waals surface area contributed by atoms with Crippen LogP contribution >= 0.6 is 0 Å². The molecule has 0 N–H and O–H groups in total. The van der Waals surface area contributed by atoms with Crippen LogP contribution in [-0.2, 0) is 0 Å². The van der Waals surface area contributed by atoms with Crippen LogP contribution in [-0.4, -0.2) is 12.6 Å². The van der Waals surface area contributed by atoms with Gasteiger partial charge in [-0.05, 0) is 90.7 Å². The summed E-state index contributed by atoms with van der Waals surface area (Å²) in [6.45, 7) is 0. The van der Waals surface area contributed by atoms with Crippen LogP contribution in [0.4, 0.5) is 0 Å². The van der Waals surface area contributed by atoms with Crippen LogP contribution in [0.2, 0.25) is 0 Å². The maximum Gasteiger partial charge on any atom is 0.230 e. The second-order valence-corrected chi connectivity index (χ2v) is 19.3. The lowest BCUT2D eigenvalue weighted by Gasteiger charge is -2.28. The molecule has 0 spiro atoms. The summed E-state index contributed by atoms with van der Waals surface area (Å²) in [5.41, 5.74) is 12.7. The molecule has 3 heteroatoms. The van der Waals surface area contributed by atoms with Crippen molar-refractivity contribution in [1.82, 2.24) is 4.57 Å². The van der Waals surface area contributed by atoms with Gasteiger partial charge in [0.05, 0.1) is 16.4 Å². The Morgan fingerprint density at radius 3 is 1.49 bits per heavy atom. The van der Waals surface area contributed by atoms with E-state index in [1.165, 1.54) is 37.3 Å². The van der Waals surface area contributed by atoms with Gasteiger partial charge in [-0.2, -0.15) is 0 Å². The van der Waals surface area contributed by atoms with Crippen LogP contribution in [0.25, 0.3) is 82.1 Å². The van der Waals surface area contributed by atoms with Gasteiger partial charge in [0, 0.05) is 27.4 Å². The molecular weight excluding hydrogens is 755 g/mol. The fourth-order valence-electron chi connectivity index (χ4n) is 9.81. The summed E-state index contributed by atoms with van der Waals surface area (Å²) in [4.78, 5) is 0. The van der Waals surface area contributed by atoms with Gasteiger partial charge in [0.2, 0.25) is 8.07 Å². The molecule has 0 unspecified atom stereocenters. The lowest BCUT2D eigenvalue weighted by atomic mass is 9.88. The second kappa shape index (κ2) is 14.1. The smallest absolute Gasteiger partial charge is 0.230 e. The van der Waals surface area contributed by atoms with Gasteiger partial charge in [0.25, 0.3) is 0 Å². The molecule has 0 atom stereocenters. The third-order valence-electron chi connectivity index (χ3n) is 12.5. The molecule has 2 nitrogen and oxygen atoms in total. The molecule has 0 radical (unpaired) electrons. The van der Waals surface area contributed by atoms with E-state index in [-0.39, 0.29) is 0 Å². The molecule has 12 rings (SSSR count). The number of para-hydroxylation sites is 2. The van der Waals surface area contributed by atoms with Crippen molar-refractivity contribution in [3.05, 3.63) is 230 Å². The Kier molecular flexibility index (Phi) is 8.13. The highest BCUT2D eigenvalue weighted by atomic mass is 28.3. The van der Waals surface area contributed by atoms with Crippen LogP contribution in [0.1, 0.15) is 5.56 Å². The Hall–Kier alpha value is -7.90. The number of furan rings is 1. The Morgan fingerprint density at radius 1 is 0.393 bits per heavy atom. The predicted molar refractivity (Wildman–Crippen MR) is 259 cm³/mol. The van der Waals surface area contributed by atoms with E-state index in [0.717, 1.165) is 65.9 Å². The van der Waals surface area contributed by atoms with Crippen molar-refractivity contribution >= 4 is 88.9 Å². The first-order valence-corrected chi connectivity index (χ1v) is 22.9. The normalized spacial score (nSPS) is 11.8. The fourth-order valence-corrected chi connectivity index (χ4v) is 13.6. The molecule has 12 aromatic rings. The average molecular weight is 792 g/mol. The summed E-state index contributed by atoms with van der Waals surface area (Å²) in [7, 11) is -2.84. The van der Waals surface area contributed by atoms with Crippen LogP contribution in [0.3, 0.4) is 0 Å². The first kappa shape index (κ1) is 35.1. The molecule has 0 aliphatic heterocycles. The molecular formula is C58H37NOSi. The van der Waals surface area contributed by atoms with Crippen molar-refractivity contribution in [3.63, 3.8) is 0 Å². The van der Waals surface area contributed by atoms with E-state index in [1.54, 1.807) is 0 Å². The molecule has 0 aliphatic carbocycles. The van der Waals surface area contributed by atoms with Crippen molar-refractivity contribution < 1.29 is 4.42 Å². The Morgan fingerprint density at radius 2 is 0.902 bits per heavy atom. The van der Waals surface area contributed by atoms with Crippen molar-refractivity contribution in [2.45, 2.75) is 0 Å². The maximum atomic E-state index is 6.85. The number of benzene rings is 10. The maximum absolute atomic E-state index is 6.85. The minimum absolute atomic E-state index is 0.878. The lowest BCUT2D eigenvalue weighted by Crippen LogP contribution is -2.66. The Balaban J connectivity index is 1.10. The molecule has 0 fully saturated rings. The predicted octanol–water partition coefficient (Wildman–Crippen LogP) is 12.7. The zero-order valence-electron chi connectivity index (χ0n) is 33.2. The SMILES string of the molecule is C(#C[Si](c1ccccc1)(c1ccccc1)c1ccccc1)c1c2ccccc2c(-c2ccc3oc4c(ccc5c4c4ccccc4n5-c4ccccc4)c3c2)c2ccccc12. The quantitative estimate of drug-likeness (QED) is 0.0735. The van der Waals surface area contributed by atoms with Crippen LogP contribution in [0.5, 0.6) is 0 Å². The van der Waals surface area contributed by atoms with Crippen molar-refractivity contribution in [3.8, 4) is 28.3 Å². The molecule has 2 heterocycles. The van der Waals surface area contributed by atoms with Crippen molar-refractivity contribution in [2.24, 2.45) is 0 Å². The minimum atomic E-state index is -2.84. The van der Waals surface area contributed by atoms with Gasteiger partial charge in [-0.25, -0.2) is 0 Å². The largest absolute Gasteiger partial charge is 0.455 e. The number of hydrogen-bond donors (Lipinski definition) is 0. The summed E-state index contributed by atoms with van der Waals surface area (Å²) in [5.74, 6) is 3.94. The summed E-state index contributed by atoms with van der Waals surface area (Å²) in [6, 6.07) is 80.9. The minimum Gasteiger partial charge on any atom is -0.455 e. The zero-order chi connectivity index (χ0) is 40.3. The molecule has 0 amide bonds. The van der Waals surface area contributed by atoms with E-state index in [4.69, 9.17) is 4.42 Å². The van der Waals surface area contributed by atoms with Gasteiger partial charge in [-0.1, -0.05) is 188 Å². The van der Waals surface area contributed by atoms with Gasteiger partial charge in [0.1, 0.15) is 11.2 Å². The molecule has 10 aromatic carbocycles. The van der Waals surface area contributed by atoms with E-state index in [0.29, 0.717) is 0 Å². The molecule has 0 saturated carbocycles. The summed E-state index contributed by atoms with van der Waals surface area (Å²) in [5, 5.41) is 13.0. The summed E-state index contributed by atoms with van der Waals surface area (Å²) >= 11 is 0. The van der Waals surface area contributed by atoms with Gasteiger partial charge in [-0.15, -0.1) is 5.54 Å². The molecule has 0 aliphatic rings. The topological polar surface area (TPSA) is 18.1 Å². The molecule has 284 valence electrons. The monoisotopic (exact) mass is 791 g/mol. The first-order valence-electron chi connectivity index (χ1n) is 20.9. The van der Waals surface area contributed by atoms with Gasteiger partial charge in [-0.3, -0.25) is 0 Å². The van der Waals surface area contributed by atoms with E-state index in [1.807, 2.05) is 0 Å². The third-order valence-corrected chi connectivity index (χ3v) is 16.6. The van der Waals surface area contributed by atoms with E-state index in [9.17, 15) is 0 Å². The molecule has 61 heavy (non-hydrogen) atoms. The average Bonchev–Trinajstić information content (AvgIpc) is 3.88. The molecule has 2 aromatic heterocycles. The summed E-state index contributed by atoms with van der Waals surface area (Å²) < 4.78 is 9.20. The Labute approximate surface area is 354 Å². The number of rotatable bonds is 5. The van der Waals surface area contributed by atoms with Crippen molar-refractivity contribution in [2.75, 3.05) is 0 Å². The highest BCUT2D eigenvalue weighted by Crippen LogP contribution is 2.44. The standard InChI is InChI=1S/C58H37NOSi/c1-5-19-41(20-6-1)59-53-32-18-17-31-51(53)57-54(59)35-34-50-52-39-40(33-36-55(52)60-58(50)57)56-48-29-15-13-27-45(48)47(46-28-14-16-30-49(46)56)37-38-61(42-21-7-2-8-22-42,43-23-9-3-10-24-43)44-25-11-4-12-26-44/h1-36,39H.